The molecule has 0 fully saturated rings. The lowest BCUT2D eigenvalue weighted by Gasteiger charge is -2.08. The van der Waals surface area contributed by atoms with Crippen LogP contribution in [0.2, 0.25) is 0 Å². The summed E-state index contributed by atoms with van der Waals surface area (Å²) in [5.74, 6) is -0.413. The van der Waals surface area contributed by atoms with Gasteiger partial charge in [0.2, 0.25) is 0 Å². The molecule has 0 bridgehead atoms. The highest BCUT2D eigenvalue weighted by Crippen LogP contribution is 2.18. The zero-order chi connectivity index (χ0) is 13.0. The first-order chi connectivity index (χ1) is 8.68. The number of rotatable bonds is 3. The summed E-state index contributed by atoms with van der Waals surface area (Å²) in [5.41, 5.74) is 7.45. The Bertz CT molecular complexity index is 569. The number of nitrogen functional groups attached to an aromatic ring is 1. The first-order valence-corrected chi connectivity index (χ1v) is 6.23. The molecule has 0 atom stereocenters. The highest BCUT2D eigenvalue weighted by Gasteiger charge is 2.10. The predicted molar refractivity (Wildman–Crippen MR) is 74.1 cm³/mol. The second-order valence-electron chi connectivity index (χ2n) is 3.75. The van der Waals surface area contributed by atoms with Crippen molar-refractivity contribution in [1.29, 1.82) is 0 Å². The Morgan fingerprint density at radius 3 is 2.50 bits per heavy atom. The van der Waals surface area contributed by atoms with E-state index < -0.39 is 5.97 Å². The highest BCUT2D eigenvalue weighted by atomic mass is 79.9. The molecule has 2 N–H and O–H groups in total. The number of esters is 1. The molecule has 92 valence electrons. The summed E-state index contributed by atoms with van der Waals surface area (Å²) in [6, 6.07) is 14.5. The zero-order valence-corrected chi connectivity index (χ0v) is 11.2. The molecule has 0 unspecified atom stereocenters. The van der Waals surface area contributed by atoms with Crippen LogP contribution in [0.15, 0.2) is 53.0 Å². The Morgan fingerprint density at radius 2 is 1.78 bits per heavy atom. The lowest BCUT2D eigenvalue weighted by molar-refractivity contribution is 0.0473. The number of hydrogen-bond acceptors (Lipinski definition) is 3. The van der Waals surface area contributed by atoms with Crippen molar-refractivity contribution in [2.45, 2.75) is 6.61 Å². The lowest BCUT2D eigenvalue weighted by Crippen LogP contribution is -2.08. The largest absolute Gasteiger partial charge is 0.457 e. The Hall–Kier alpha value is -1.81. The van der Waals surface area contributed by atoms with Gasteiger partial charge in [0, 0.05) is 15.7 Å². The number of benzene rings is 2. The molecule has 0 spiro atoms. The quantitative estimate of drug-likeness (QED) is 0.698. The number of halogens is 1. The van der Waals surface area contributed by atoms with Crippen LogP contribution in [0.1, 0.15) is 15.9 Å². The summed E-state index contributed by atoms with van der Waals surface area (Å²) in [6.07, 6.45) is 0. The summed E-state index contributed by atoms with van der Waals surface area (Å²) >= 11 is 3.40. The fraction of sp³-hybridized carbons (Fsp3) is 0.0714. The fourth-order valence-electron chi connectivity index (χ4n) is 1.52. The van der Waals surface area contributed by atoms with E-state index in [1.165, 1.54) is 0 Å². The zero-order valence-electron chi connectivity index (χ0n) is 9.60. The minimum atomic E-state index is -0.413. The van der Waals surface area contributed by atoms with Crippen LogP contribution in [-0.2, 0) is 11.3 Å². The molecule has 2 aromatic carbocycles. The molecule has 4 heteroatoms. The standard InChI is InChI=1S/C14H12BrNO2/c15-12-7-3-1-5-10(12)9-18-14(17)11-6-2-4-8-13(11)16/h1-8H,9,16H2. The average Bonchev–Trinajstić information content (AvgIpc) is 2.38. The van der Waals surface area contributed by atoms with Crippen LogP contribution < -0.4 is 5.73 Å². The maximum absolute atomic E-state index is 11.8. The third-order valence-electron chi connectivity index (χ3n) is 2.50. The van der Waals surface area contributed by atoms with E-state index >= 15 is 0 Å². The van der Waals surface area contributed by atoms with Crippen molar-refractivity contribution < 1.29 is 9.53 Å². The summed E-state index contributed by atoms with van der Waals surface area (Å²) in [7, 11) is 0. The number of nitrogens with two attached hydrogens (primary N) is 1. The van der Waals surface area contributed by atoms with Crippen LogP contribution in [0.3, 0.4) is 0 Å². The van der Waals surface area contributed by atoms with Gasteiger partial charge < -0.3 is 10.5 Å². The van der Waals surface area contributed by atoms with Gasteiger partial charge in [-0.3, -0.25) is 0 Å². The van der Waals surface area contributed by atoms with Crippen LogP contribution in [0.5, 0.6) is 0 Å². The topological polar surface area (TPSA) is 52.3 Å². The normalized spacial score (nSPS) is 10.1. The number of anilines is 1. The maximum Gasteiger partial charge on any atom is 0.340 e. The van der Waals surface area contributed by atoms with Crippen molar-refractivity contribution in [2.75, 3.05) is 5.73 Å². The van der Waals surface area contributed by atoms with Crippen molar-refractivity contribution in [1.82, 2.24) is 0 Å². The molecular weight excluding hydrogens is 294 g/mol. The third kappa shape index (κ3) is 2.90. The minimum absolute atomic E-state index is 0.217. The Morgan fingerprint density at radius 1 is 1.11 bits per heavy atom. The van der Waals surface area contributed by atoms with Gasteiger partial charge in [-0.05, 0) is 18.2 Å². The van der Waals surface area contributed by atoms with E-state index in [9.17, 15) is 4.79 Å². The van der Waals surface area contributed by atoms with Gasteiger partial charge in [0.15, 0.2) is 0 Å². The van der Waals surface area contributed by atoms with Gasteiger partial charge in [0.25, 0.3) is 0 Å². The second kappa shape index (κ2) is 5.69. The molecule has 0 saturated heterocycles. The van der Waals surface area contributed by atoms with E-state index in [2.05, 4.69) is 15.9 Å². The molecule has 0 radical (unpaired) electrons. The molecular formula is C14H12BrNO2. The van der Waals surface area contributed by atoms with Gasteiger partial charge in [0.05, 0.1) is 5.56 Å². The van der Waals surface area contributed by atoms with E-state index in [1.54, 1.807) is 24.3 Å². The molecule has 0 aliphatic rings. The van der Waals surface area contributed by atoms with Crippen molar-refractivity contribution in [3.8, 4) is 0 Å². The Labute approximate surface area is 114 Å². The predicted octanol–water partition coefficient (Wildman–Crippen LogP) is 3.39. The number of carbonyl (C=O) groups is 1. The maximum atomic E-state index is 11.8. The van der Waals surface area contributed by atoms with Gasteiger partial charge in [-0.25, -0.2) is 4.79 Å². The van der Waals surface area contributed by atoms with Crippen LogP contribution in [-0.4, -0.2) is 5.97 Å². The van der Waals surface area contributed by atoms with E-state index in [0.717, 1.165) is 10.0 Å². The van der Waals surface area contributed by atoms with Crippen LogP contribution >= 0.6 is 15.9 Å². The summed E-state index contributed by atoms with van der Waals surface area (Å²) in [4.78, 5) is 11.8. The molecule has 0 saturated carbocycles. The fourth-order valence-corrected chi connectivity index (χ4v) is 1.92. The van der Waals surface area contributed by atoms with E-state index in [1.807, 2.05) is 24.3 Å². The second-order valence-corrected chi connectivity index (χ2v) is 4.61. The highest BCUT2D eigenvalue weighted by molar-refractivity contribution is 9.10. The van der Waals surface area contributed by atoms with Crippen molar-refractivity contribution >= 4 is 27.6 Å². The molecule has 3 nitrogen and oxygen atoms in total. The average molecular weight is 306 g/mol. The Kier molecular flexibility index (Phi) is 3.99. The van der Waals surface area contributed by atoms with Crippen LogP contribution in [0, 0.1) is 0 Å². The number of para-hydroxylation sites is 1. The molecule has 0 aromatic heterocycles. The first-order valence-electron chi connectivity index (χ1n) is 5.43. The first kappa shape index (κ1) is 12.6. The number of carbonyl (C=O) groups excluding carboxylic acids is 1. The van der Waals surface area contributed by atoms with Crippen molar-refractivity contribution in [3.63, 3.8) is 0 Å². The molecule has 0 aliphatic carbocycles. The lowest BCUT2D eigenvalue weighted by atomic mass is 10.2. The monoisotopic (exact) mass is 305 g/mol. The molecule has 0 amide bonds. The summed E-state index contributed by atoms with van der Waals surface area (Å²) in [6.45, 7) is 0.217. The molecule has 0 aliphatic heterocycles. The third-order valence-corrected chi connectivity index (χ3v) is 3.27. The van der Waals surface area contributed by atoms with Gasteiger partial charge >= 0.3 is 5.97 Å². The molecule has 2 aromatic rings. The van der Waals surface area contributed by atoms with E-state index in [-0.39, 0.29) is 6.61 Å². The van der Waals surface area contributed by atoms with Crippen LogP contribution in [0.4, 0.5) is 5.69 Å². The number of ether oxygens (including phenoxy) is 1. The molecule has 2 rings (SSSR count). The van der Waals surface area contributed by atoms with E-state index in [4.69, 9.17) is 10.5 Å². The Balaban J connectivity index is 2.06. The van der Waals surface area contributed by atoms with Crippen molar-refractivity contribution in [3.05, 3.63) is 64.1 Å². The minimum Gasteiger partial charge on any atom is -0.457 e. The van der Waals surface area contributed by atoms with Gasteiger partial charge in [-0.2, -0.15) is 0 Å². The number of hydrogen-bond donors (Lipinski definition) is 1. The SMILES string of the molecule is Nc1ccccc1C(=O)OCc1ccccc1Br. The smallest absolute Gasteiger partial charge is 0.340 e. The molecule has 18 heavy (non-hydrogen) atoms. The van der Waals surface area contributed by atoms with E-state index in [0.29, 0.717) is 11.3 Å². The van der Waals surface area contributed by atoms with Gasteiger partial charge in [0.1, 0.15) is 6.61 Å². The van der Waals surface area contributed by atoms with Crippen molar-refractivity contribution in [2.24, 2.45) is 0 Å². The summed E-state index contributed by atoms with van der Waals surface area (Å²) in [5, 5.41) is 0. The van der Waals surface area contributed by atoms with Crippen LogP contribution in [0.25, 0.3) is 0 Å². The molecule has 0 heterocycles. The summed E-state index contributed by atoms with van der Waals surface area (Å²) < 4.78 is 6.14. The van der Waals surface area contributed by atoms with Gasteiger partial charge in [-0.1, -0.05) is 46.3 Å². The van der Waals surface area contributed by atoms with Gasteiger partial charge in [-0.15, -0.1) is 0 Å².